The lowest BCUT2D eigenvalue weighted by Crippen LogP contribution is -2.28. The Morgan fingerprint density at radius 1 is 0.920 bits per heavy atom. The molecule has 0 radical (unpaired) electrons. The molecule has 0 saturated heterocycles. The van der Waals surface area contributed by atoms with E-state index in [1.807, 2.05) is 30.3 Å². The van der Waals surface area contributed by atoms with Crippen molar-refractivity contribution in [2.24, 2.45) is 0 Å². The third-order valence-corrected chi connectivity index (χ3v) is 3.69. The lowest BCUT2D eigenvalue weighted by atomic mass is 10.3. The molecule has 5 nitrogen and oxygen atoms in total. The number of pyridine rings is 1. The molecule has 0 atom stereocenters. The minimum atomic E-state index is -0.256. The summed E-state index contributed by atoms with van der Waals surface area (Å²) in [5, 5.41) is 2.78. The number of benzene rings is 2. The van der Waals surface area contributed by atoms with Gasteiger partial charge in [-0.05, 0) is 49.4 Å². The maximum atomic E-state index is 12.2. The van der Waals surface area contributed by atoms with E-state index < -0.39 is 0 Å². The largest absolute Gasteiger partial charge is 0.457 e. The van der Waals surface area contributed by atoms with Crippen LogP contribution in [0, 0.1) is 6.92 Å². The summed E-state index contributed by atoms with van der Waals surface area (Å²) in [6.45, 7) is 1.78. The van der Waals surface area contributed by atoms with Gasteiger partial charge in [-0.15, -0.1) is 0 Å². The Kier molecular flexibility index (Phi) is 4.95. The number of aromatic nitrogens is 1. The highest BCUT2D eigenvalue weighted by Gasteiger charge is 2.07. The van der Waals surface area contributed by atoms with Gasteiger partial charge in [0.2, 0.25) is 5.91 Å². The molecule has 3 rings (SSSR count). The Hall–Kier alpha value is -3.34. The second-order valence-corrected chi connectivity index (χ2v) is 5.58. The van der Waals surface area contributed by atoms with Gasteiger partial charge in [0.25, 0.3) is 5.56 Å². The van der Waals surface area contributed by atoms with E-state index in [0.29, 0.717) is 11.4 Å². The van der Waals surface area contributed by atoms with Crippen molar-refractivity contribution >= 4 is 11.6 Å². The second kappa shape index (κ2) is 7.49. The number of amides is 1. The van der Waals surface area contributed by atoms with Gasteiger partial charge in [-0.25, -0.2) is 0 Å². The van der Waals surface area contributed by atoms with Gasteiger partial charge >= 0.3 is 0 Å². The fourth-order valence-corrected chi connectivity index (χ4v) is 2.40. The SMILES string of the molecule is Cc1cccc(=O)n1CC(=O)Nc1ccc(Oc2ccccc2)cc1. The number of anilines is 1. The number of carbonyl (C=O) groups excluding carboxylic acids is 1. The molecule has 1 amide bonds. The molecule has 0 spiro atoms. The fraction of sp³-hybridized carbons (Fsp3) is 0.100. The second-order valence-electron chi connectivity index (χ2n) is 5.58. The van der Waals surface area contributed by atoms with Crippen LogP contribution in [0.3, 0.4) is 0 Å². The number of aryl methyl sites for hydroxylation is 1. The summed E-state index contributed by atoms with van der Waals surface area (Å²) >= 11 is 0. The van der Waals surface area contributed by atoms with E-state index in [-0.39, 0.29) is 18.0 Å². The average molecular weight is 334 g/mol. The summed E-state index contributed by atoms with van der Waals surface area (Å²) in [6, 6.07) is 21.5. The molecule has 0 aliphatic carbocycles. The molecule has 3 aromatic rings. The Morgan fingerprint density at radius 3 is 2.28 bits per heavy atom. The van der Waals surface area contributed by atoms with E-state index in [1.54, 1.807) is 43.3 Å². The van der Waals surface area contributed by atoms with Crippen LogP contribution in [0.2, 0.25) is 0 Å². The van der Waals surface area contributed by atoms with E-state index in [4.69, 9.17) is 4.74 Å². The van der Waals surface area contributed by atoms with E-state index in [9.17, 15) is 9.59 Å². The number of nitrogens with zero attached hydrogens (tertiary/aromatic N) is 1. The zero-order chi connectivity index (χ0) is 17.6. The molecule has 1 aromatic heterocycles. The quantitative estimate of drug-likeness (QED) is 0.776. The number of para-hydroxylation sites is 1. The predicted octanol–water partition coefficient (Wildman–Crippen LogP) is 3.59. The minimum absolute atomic E-state index is 0.0201. The van der Waals surface area contributed by atoms with Crippen molar-refractivity contribution < 1.29 is 9.53 Å². The van der Waals surface area contributed by atoms with Crippen LogP contribution in [0.15, 0.2) is 77.6 Å². The van der Waals surface area contributed by atoms with Gasteiger partial charge in [-0.3, -0.25) is 9.59 Å². The standard InChI is InChI=1S/C20H18N2O3/c1-15-6-5-9-20(24)22(15)14-19(23)21-16-10-12-18(13-11-16)25-17-7-3-2-4-8-17/h2-13H,14H2,1H3,(H,21,23). The van der Waals surface area contributed by atoms with Crippen LogP contribution in [0.1, 0.15) is 5.69 Å². The van der Waals surface area contributed by atoms with Crippen molar-refractivity contribution in [1.82, 2.24) is 4.57 Å². The number of ether oxygens (including phenoxy) is 1. The summed E-state index contributed by atoms with van der Waals surface area (Å²) in [4.78, 5) is 24.0. The number of carbonyl (C=O) groups is 1. The van der Waals surface area contributed by atoms with Gasteiger partial charge in [-0.1, -0.05) is 24.3 Å². The van der Waals surface area contributed by atoms with Crippen LogP contribution in [-0.4, -0.2) is 10.5 Å². The Bertz CT molecular complexity index is 916. The van der Waals surface area contributed by atoms with Crippen LogP contribution in [0.4, 0.5) is 5.69 Å². The highest BCUT2D eigenvalue weighted by atomic mass is 16.5. The maximum absolute atomic E-state index is 12.2. The molecule has 25 heavy (non-hydrogen) atoms. The normalized spacial score (nSPS) is 10.3. The molecule has 0 aliphatic heterocycles. The molecule has 0 saturated carbocycles. The number of hydrogen-bond donors (Lipinski definition) is 1. The van der Waals surface area contributed by atoms with Crippen molar-refractivity contribution in [2.45, 2.75) is 13.5 Å². The van der Waals surface area contributed by atoms with E-state index >= 15 is 0 Å². The molecule has 5 heteroatoms. The first kappa shape index (κ1) is 16.5. The first-order chi connectivity index (χ1) is 12.1. The van der Waals surface area contributed by atoms with Crippen LogP contribution in [0.5, 0.6) is 11.5 Å². The first-order valence-corrected chi connectivity index (χ1v) is 7.91. The van der Waals surface area contributed by atoms with Gasteiger partial charge in [0.15, 0.2) is 0 Å². The van der Waals surface area contributed by atoms with Crippen LogP contribution < -0.4 is 15.6 Å². The van der Waals surface area contributed by atoms with Crippen molar-refractivity contribution in [1.29, 1.82) is 0 Å². The molecule has 126 valence electrons. The molecular formula is C20H18N2O3. The minimum Gasteiger partial charge on any atom is -0.457 e. The third kappa shape index (κ3) is 4.35. The monoisotopic (exact) mass is 334 g/mol. The molecular weight excluding hydrogens is 316 g/mol. The Balaban J connectivity index is 1.63. The topological polar surface area (TPSA) is 60.3 Å². The van der Waals surface area contributed by atoms with Gasteiger partial charge < -0.3 is 14.6 Å². The van der Waals surface area contributed by atoms with Crippen molar-refractivity contribution in [3.8, 4) is 11.5 Å². The summed E-state index contributed by atoms with van der Waals surface area (Å²) in [5.41, 5.74) is 1.20. The molecule has 0 unspecified atom stereocenters. The van der Waals surface area contributed by atoms with E-state index in [2.05, 4.69) is 5.32 Å². The molecule has 1 N–H and O–H groups in total. The van der Waals surface area contributed by atoms with E-state index in [1.165, 1.54) is 10.6 Å². The number of hydrogen-bond acceptors (Lipinski definition) is 3. The summed E-state index contributed by atoms with van der Waals surface area (Å²) in [7, 11) is 0. The molecule has 0 fully saturated rings. The lowest BCUT2D eigenvalue weighted by molar-refractivity contribution is -0.116. The fourth-order valence-electron chi connectivity index (χ4n) is 2.40. The predicted molar refractivity (Wildman–Crippen MR) is 97.0 cm³/mol. The highest BCUT2D eigenvalue weighted by molar-refractivity contribution is 5.90. The maximum Gasteiger partial charge on any atom is 0.251 e. The van der Waals surface area contributed by atoms with Crippen LogP contribution >= 0.6 is 0 Å². The molecule has 0 bridgehead atoms. The van der Waals surface area contributed by atoms with Gasteiger partial charge in [-0.2, -0.15) is 0 Å². The molecule has 2 aromatic carbocycles. The molecule has 1 heterocycles. The lowest BCUT2D eigenvalue weighted by Gasteiger charge is -2.10. The summed E-state index contributed by atoms with van der Waals surface area (Å²) in [5.74, 6) is 1.17. The van der Waals surface area contributed by atoms with Crippen molar-refractivity contribution in [3.05, 3.63) is 88.8 Å². The van der Waals surface area contributed by atoms with Crippen LogP contribution in [-0.2, 0) is 11.3 Å². The van der Waals surface area contributed by atoms with Crippen molar-refractivity contribution in [2.75, 3.05) is 5.32 Å². The number of nitrogens with one attached hydrogen (secondary N) is 1. The third-order valence-electron chi connectivity index (χ3n) is 3.69. The smallest absolute Gasteiger partial charge is 0.251 e. The number of rotatable bonds is 5. The van der Waals surface area contributed by atoms with E-state index in [0.717, 1.165) is 11.4 Å². The van der Waals surface area contributed by atoms with Gasteiger partial charge in [0, 0.05) is 17.4 Å². The van der Waals surface area contributed by atoms with Gasteiger partial charge in [0.1, 0.15) is 18.0 Å². The highest BCUT2D eigenvalue weighted by Crippen LogP contribution is 2.22. The summed E-state index contributed by atoms with van der Waals surface area (Å²) < 4.78 is 7.14. The first-order valence-electron chi connectivity index (χ1n) is 7.91. The molecule has 0 aliphatic rings. The zero-order valence-corrected chi connectivity index (χ0v) is 13.8. The summed E-state index contributed by atoms with van der Waals surface area (Å²) in [6.07, 6.45) is 0. The Labute approximate surface area is 145 Å². The Morgan fingerprint density at radius 2 is 1.60 bits per heavy atom. The van der Waals surface area contributed by atoms with Gasteiger partial charge in [0.05, 0.1) is 0 Å². The average Bonchev–Trinajstić information content (AvgIpc) is 2.61. The zero-order valence-electron chi connectivity index (χ0n) is 13.8. The van der Waals surface area contributed by atoms with Crippen LogP contribution in [0.25, 0.3) is 0 Å². The van der Waals surface area contributed by atoms with Crippen molar-refractivity contribution in [3.63, 3.8) is 0 Å².